The third kappa shape index (κ3) is 2.57. The average molecular weight is 349 g/mol. The van der Waals surface area contributed by atoms with Gasteiger partial charge in [0.1, 0.15) is 5.01 Å². The van der Waals surface area contributed by atoms with Gasteiger partial charge in [-0.1, -0.05) is 28.1 Å². The topological polar surface area (TPSA) is 24.9 Å². The van der Waals surface area contributed by atoms with Crippen LogP contribution in [-0.2, 0) is 12.8 Å². The molecule has 0 radical (unpaired) electrons. The molecule has 1 aromatic heterocycles. The summed E-state index contributed by atoms with van der Waals surface area (Å²) in [6.45, 7) is 0. The molecule has 2 aromatic rings. The van der Waals surface area contributed by atoms with E-state index in [2.05, 4.69) is 45.5 Å². The lowest BCUT2D eigenvalue weighted by atomic mass is 10.1. The van der Waals surface area contributed by atoms with Crippen LogP contribution in [0.5, 0.6) is 0 Å². The zero-order valence-electron chi connectivity index (χ0n) is 11.2. The second kappa shape index (κ2) is 5.24. The van der Waals surface area contributed by atoms with Gasteiger partial charge in [-0.15, -0.1) is 11.3 Å². The molecule has 2 nitrogen and oxygen atoms in total. The molecular weight excluding hydrogens is 332 g/mol. The highest BCUT2D eigenvalue weighted by molar-refractivity contribution is 9.10. The van der Waals surface area contributed by atoms with Crippen molar-refractivity contribution in [3.63, 3.8) is 0 Å². The SMILES string of the molecule is Brc1ccc(C(NC2CC2)c2nc3c(s2)CCC3)cc1. The zero-order valence-corrected chi connectivity index (χ0v) is 13.6. The van der Waals surface area contributed by atoms with Gasteiger partial charge in [0.05, 0.1) is 11.7 Å². The molecule has 0 bridgehead atoms. The largest absolute Gasteiger partial charge is 0.301 e. The summed E-state index contributed by atoms with van der Waals surface area (Å²) in [6.07, 6.45) is 6.29. The molecule has 1 atom stereocenters. The van der Waals surface area contributed by atoms with Gasteiger partial charge in [0.15, 0.2) is 0 Å². The van der Waals surface area contributed by atoms with E-state index in [9.17, 15) is 0 Å². The van der Waals surface area contributed by atoms with Crippen molar-refractivity contribution in [2.45, 2.75) is 44.2 Å². The maximum atomic E-state index is 4.92. The van der Waals surface area contributed by atoms with E-state index in [4.69, 9.17) is 4.98 Å². The van der Waals surface area contributed by atoms with E-state index >= 15 is 0 Å². The molecule has 0 spiro atoms. The first-order valence-electron chi connectivity index (χ1n) is 7.29. The molecule has 1 aromatic carbocycles. The van der Waals surface area contributed by atoms with Crippen molar-refractivity contribution in [3.05, 3.63) is 49.9 Å². The van der Waals surface area contributed by atoms with E-state index in [0.29, 0.717) is 6.04 Å². The minimum Gasteiger partial charge on any atom is -0.301 e. The second-order valence-electron chi connectivity index (χ2n) is 5.70. The van der Waals surface area contributed by atoms with Crippen LogP contribution in [-0.4, -0.2) is 11.0 Å². The molecule has 4 heteroatoms. The van der Waals surface area contributed by atoms with Gasteiger partial charge < -0.3 is 5.32 Å². The van der Waals surface area contributed by atoms with E-state index in [1.165, 1.54) is 53.2 Å². The highest BCUT2D eigenvalue weighted by Crippen LogP contribution is 2.35. The molecule has 104 valence electrons. The first-order valence-corrected chi connectivity index (χ1v) is 8.90. The fourth-order valence-corrected chi connectivity index (χ4v) is 4.29. The maximum Gasteiger partial charge on any atom is 0.115 e. The molecule has 2 aliphatic rings. The van der Waals surface area contributed by atoms with Gasteiger partial charge in [-0.05, 0) is 49.8 Å². The second-order valence-corrected chi connectivity index (χ2v) is 7.73. The van der Waals surface area contributed by atoms with E-state index < -0.39 is 0 Å². The lowest BCUT2D eigenvalue weighted by Gasteiger charge is -2.17. The monoisotopic (exact) mass is 348 g/mol. The Morgan fingerprint density at radius 3 is 2.70 bits per heavy atom. The first kappa shape index (κ1) is 13.0. The van der Waals surface area contributed by atoms with E-state index in [1.807, 2.05) is 11.3 Å². The molecule has 20 heavy (non-hydrogen) atoms. The third-order valence-electron chi connectivity index (χ3n) is 4.04. The summed E-state index contributed by atoms with van der Waals surface area (Å²) in [6, 6.07) is 9.61. The van der Waals surface area contributed by atoms with Crippen molar-refractivity contribution >= 4 is 27.3 Å². The molecule has 0 saturated heterocycles. The number of fused-ring (bicyclic) bond motifs is 1. The van der Waals surface area contributed by atoms with Gasteiger partial charge in [0.2, 0.25) is 0 Å². The van der Waals surface area contributed by atoms with Crippen molar-refractivity contribution < 1.29 is 0 Å². The van der Waals surface area contributed by atoms with Crippen LogP contribution in [0.4, 0.5) is 0 Å². The fourth-order valence-electron chi connectivity index (χ4n) is 2.78. The van der Waals surface area contributed by atoms with Crippen LogP contribution in [0.1, 0.15) is 46.4 Å². The van der Waals surface area contributed by atoms with Crippen LogP contribution in [0.3, 0.4) is 0 Å². The normalized spacial score (nSPS) is 19.1. The maximum absolute atomic E-state index is 4.92. The Balaban J connectivity index is 1.68. The molecule has 0 amide bonds. The summed E-state index contributed by atoms with van der Waals surface area (Å²) in [5, 5.41) is 5.02. The summed E-state index contributed by atoms with van der Waals surface area (Å²) in [5.74, 6) is 0. The molecule has 1 heterocycles. The number of halogens is 1. The minimum absolute atomic E-state index is 0.270. The van der Waals surface area contributed by atoms with Gasteiger partial charge in [0, 0.05) is 15.4 Å². The van der Waals surface area contributed by atoms with Crippen LogP contribution < -0.4 is 5.32 Å². The predicted octanol–water partition coefficient (Wildman–Crippen LogP) is 4.24. The van der Waals surface area contributed by atoms with Crippen LogP contribution in [0.15, 0.2) is 28.7 Å². The van der Waals surface area contributed by atoms with Crippen LogP contribution in [0, 0.1) is 0 Å². The number of aromatic nitrogens is 1. The summed E-state index contributed by atoms with van der Waals surface area (Å²) in [7, 11) is 0. The Labute approximate surface area is 131 Å². The number of rotatable bonds is 4. The van der Waals surface area contributed by atoms with Gasteiger partial charge in [-0.2, -0.15) is 0 Å². The van der Waals surface area contributed by atoms with Gasteiger partial charge in [-0.3, -0.25) is 0 Å². The summed E-state index contributed by atoms with van der Waals surface area (Å²) in [4.78, 5) is 6.43. The zero-order chi connectivity index (χ0) is 13.5. The standard InChI is InChI=1S/C16H17BrN2S/c17-11-6-4-10(5-7-11)15(18-12-8-9-12)16-19-13-2-1-3-14(13)20-16/h4-7,12,15,18H,1-3,8-9H2. The van der Waals surface area contributed by atoms with Crippen LogP contribution in [0.2, 0.25) is 0 Å². The van der Waals surface area contributed by atoms with Gasteiger partial charge in [-0.25, -0.2) is 4.98 Å². The van der Waals surface area contributed by atoms with Crippen molar-refractivity contribution in [3.8, 4) is 0 Å². The third-order valence-corrected chi connectivity index (χ3v) is 5.79. The highest BCUT2D eigenvalue weighted by Gasteiger charge is 2.29. The summed E-state index contributed by atoms with van der Waals surface area (Å²) < 4.78 is 1.13. The molecule has 2 aliphatic carbocycles. The number of aryl methyl sites for hydroxylation is 2. The van der Waals surface area contributed by atoms with Crippen molar-refractivity contribution in [2.75, 3.05) is 0 Å². The van der Waals surface area contributed by atoms with E-state index in [0.717, 1.165) is 4.47 Å². The number of hydrogen-bond acceptors (Lipinski definition) is 3. The number of hydrogen-bond donors (Lipinski definition) is 1. The number of nitrogens with zero attached hydrogens (tertiary/aromatic N) is 1. The lowest BCUT2D eigenvalue weighted by molar-refractivity contribution is 0.596. The van der Waals surface area contributed by atoms with E-state index in [-0.39, 0.29) is 6.04 Å². The molecule has 4 rings (SSSR count). The number of thiazole rings is 1. The molecule has 1 fully saturated rings. The molecule has 1 saturated carbocycles. The Morgan fingerprint density at radius 1 is 1.20 bits per heavy atom. The minimum atomic E-state index is 0.270. The average Bonchev–Trinajstić information content (AvgIpc) is 3.01. The summed E-state index contributed by atoms with van der Waals surface area (Å²) >= 11 is 5.43. The smallest absolute Gasteiger partial charge is 0.115 e. The van der Waals surface area contributed by atoms with Gasteiger partial charge >= 0.3 is 0 Å². The van der Waals surface area contributed by atoms with Gasteiger partial charge in [0.25, 0.3) is 0 Å². The highest BCUT2D eigenvalue weighted by atomic mass is 79.9. The molecule has 0 aliphatic heterocycles. The quantitative estimate of drug-likeness (QED) is 0.893. The number of benzene rings is 1. The summed E-state index contributed by atoms with van der Waals surface area (Å²) in [5.41, 5.74) is 2.68. The lowest BCUT2D eigenvalue weighted by Crippen LogP contribution is -2.24. The van der Waals surface area contributed by atoms with E-state index in [1.54, 1.807) is 0 Å². The van der Waals surface area contributed by atoms with Crippen molar-refractivity contribution in [1.29, 1.82) is 0 Å². The molecule has 1 N–H and O–H groups in total. The Bertz CT molecular complexity index is 594. The van der Waals surface area contributed by atoms with Crippen molar-refractivity contribution in [1.82, 2.24) is 10.3 Å². The predicted molar refractivity (Wildman–Crippen MR) is 86.3 cm³/mol. The van der Waals surface area contributed by atoms with Crippen molar-refractivity contribution in [2.24, 2.45) is 0 Å². The fraction of sp³-hybridized carbons (Fsp3) is 0.438. The molecule has 1 unspecified atom stereocenters. The first-order chi connectivity index (χ1) is 9.79. The Morgan fingerprint density at radius 2 is 2.00 bits per heavy atom. The number of nitrogens with one attached hydrogen (secondary N) is 1. The Hall–Kier alpha value is -0.710. The van der Waals surface area contributed by atoms with Crippen LogP contribution in [0.25, 0.3) is 0 Å². The Kier molecular flexibility index (Phi) is 3.41. The van der Waals surface area contributed by atoms with Crippen LogP contribution >= 0.6 is 27.3 Å². The molecular formula is C16H17BrN2S.